The number of hydrogen-bond acceptors (Lipinski definition) is 3. The minimum absolute atomic E-state index is 0.157. The first kappa shape index (κ1) is 12.1. The fourth-order valence-corrected chi connectivity index (χ4v) is 1.67. The number of rotatable bonds is 4. The largest absolute Gasteiger partial charge is 0.386 e. The van der Waals surface area contributed by atoms with Crippen LogP contribution in [-0.4, -0.2) is 37.5 Å². The summed E-state index contributed by atoms with van der Waals surface area (Å²) in [5, 5.41) is 12.5. The third kappa shape index (κ3) is 2.53. The Labute approximate surface area is 88.9 Å². The van der Waals surface area contributed by atoms with Crippen molar-refractivity contribution in [2.45, 2.75) is 12.2 Å². The van der Waals surface area contributed by atoms with Gasteiger partial charge in [0.15, 0.2) is 0 Å². The molecule has 84 valence electrons. The topological polar surface area (TPSA) is 41.5 Å². The zero-order valence-electron chi connectivity index (χ0n) is 8.79. The van der Waals surface area contributed by atoms with E-state index in [-0.39, 0.29) is 6.61 Å². The van der Waals surface area contributed by atoms with E-state index in [1.807, 2.05) is 0 Å². The molecule has 0 unspecified atom stereocenters. The molecule has 0 radical (unpaired) electrons. The zero-order chi connectivity index (χ0) is 11.4. The van der Waals surface area contributed by atoms with Crippen LogP contribution in [0.1, 0.15) is 0 Å². The second kappa shape index (κ2) is 5.21. The molecular weight excluding hydrogens is 197 g/mol. The van der Waals surface area contributed by atoms with Gasteiger partial charge in [0.2, 0.25) is 0 Å². The van der Waals surface area contributed by atoms with Gasteiger partial charge in [0.1, 0.15) is 11.9 Å². The second-order valence-electron chi connectivity index (χ2n) is 3.37. The summed E-state index contributed by atoms with van der Waals surface area (Å²) < 4.78 is 18.6. The SMILES string of the molecule is C=CC1=C(C(=C)F)[C@@H](CNC)OC[C@H]1O. The van der Waals surface area contributed by atoms with Gasteiger partial charge in [0.05, 0.1) is 12.7 Å². The molecule has 0 aliphatic carbocycles. The molecule has 0 saturated carbocycles. The Morgan fingerprint density at radius 1 is 1.80 bits per heavy atom. The van der Waals surface area contributed by atoms with E-state index in [0.717, 1.165) is 0 Å². The van der Waals surface area contributed by atoms with Crippen molar-refractivity contribution in [1.82, 2.24) is 5.32 Å². The summed E-state index contributed by atoms with van der Waals surface area (Å²) in [5.74, 6) is -0.580. The fraction of sp³-hybridized carbons (Fsp3) is 0.455. The summed E-state index contributed by atoms with van der Waals surface area (Å²) in [6.45, 7) is 7.44. The lowest BCUT2D eigenvalue weighted by molar-refractivity contribution is 0.00495. The molecule has 0 amide bonds. The molecule has 1 heterocycles. The molecule has 1 aliphatic rings. The van der Waals surface area contributed by atoms with E-state index in [1.165, 1.54) is 6.08 Å². The number of ether oxygens (including phenoxy) is 1. The maximum Gasteiger partial charge on any atom is 0.122 e. The molecule has 0 aromatic rings. The van der Waals surface area contributed by atoms with E-state index in [0.29, 0.717) is 17.7 Å². The average Bonchev–Trinajstić information content (AvgIpc) is 2.20. The smallest absolute Gasteiger partial charge is 0.122 e. The Bertz CT molecular complexity index is 299. The number of hydrogen-bond donors (Lipinski definition) is 2. The lowest BCUT2D eigenvalue weighted by atomic mass is 9.95. The van der Waals surface area contributed by atoms with Crippen LogP contribution in [-0.2, 0) is 4.74 Å². The summed E-state index contributed by atoms with van der Waals surface area (Å²) in [6.07, 6.45) is 0.220. The Morgan fingerprint density at radius 2 is 2.47 bits per heavy atom. The van der Waals surface area contributed by atoms with Gasteiger partial charge < -0.3 is 15.2 Å². The van der Waals surface area contributed by atoms with Crippen LogP contribution in [0.2, 0.25) is 0 Å². The van der Waals surface area contributed by atoms with Crippen molar-refractivity contribution in [1.29, 1.82) is 0 Å². The van der Waals surface area contributed by atoms with Crippen LogP contribution in [0.25, 0.3) is 0 Å². The van der Waals surface area contributed by atoms with Gasteiger partial charge in [-0.1, -0.05) is 19.2 Å². The number of halogens is 1. The Kier molecular flexibility index (Phi) is 4.20. The predicted octanol–water partition coefficient (Wildman–Crippen LogP) is 0.931. The highest BCUT2D eigenvalue weighted by Gasteiger charge is 2.29. The van der Waals surface area contributed by atoms with Crippen LogP contribution in [0.4, 0.5) is 4.39 Å². The third-order valence-corrected chi connectivity index (χ3v) is 2.35. The molecule has 2 atom stereocenters. The van der Waals surface area contributed by atoms with Crippen molar-refractivity contribution in [3.63, 3.8) is 0 Å². The van der Waals surface area contributed by atoms with Crippen molar-refractivity contribution < 1.29 is 14.2 Å². The van der Waals surface area contributed by atoms with Gasteiger partial charge >= 0.3 is 0 Å². The van der Waals surface area contributed by atoms with E-state index in [4.69, 9.17) is 4.74 Å². The monoisotopic (exact) mass is 213 g/mol. The van der Waals surface area contributed by atoms with E-state index >= 15 is 0 Å². The zero-order valence-corrected chi connectivity index (χ0v) is 8.79. The average molecular weight is 213 g/mol. The molecule has 1 rings (SSSR count). The number of likely N-dealkylation sites (N-methyl/N-ethyl adjacent to an activating group) is 1. The minimum atomic E-state index is -0.821. The van der Waals surface area contributed by atoms with Gasteiger partial charge in [-0.2, -0.15) is 0 Å². The van der Waals surface area contributed by atoms with Gasteiger partial charge in [0, 0.05) is 12.1 Å². The van der Waals surface area contributed by atoms with Gasteiger partial charge in [-0.15, -0.1) is 0 Å². The standard InChI is InChI=1S/C11H16FNO2/c1-4-8-9(14)6-15-10(5-13-3)11(8)7(2)12/h4,9-10,13-14H,1-2,5-6H2,3H3/t9-,10-/m1/s1. The van der Waals surface area contributed by atoms with Gasteiger partial charge in [-0.25, -0.2) is 4.39 Å². The first-order valence-corrected chi connectivity index (χ1v) is 4.77. The molecule has 0 spiro atoms. The molecule has 4 heteroatoms. The molecule has 15 heavy (non-hydrogen) atoms. The molecule has 0 saturated heterocycles. The lowest BCUT2D eigenvalue weighted by Gasteiger charge is -2.30. The minimum Gasteiger partial charge on any atom is -0.386 e. The summed E-state index contributed by atoms with van der Waals surface area (Å²) in [7, 11) is 1.75. The van der Waals surface area contributed by atoms with Crippen LogP contribution < -0.4 is 5.32 Å². The molecule has 2 N–H and O–H groups in total. The van der Waals surface area contributed by atoms with Crippen molar-refractivity contribution in [2.75, 3.05) is 20.2 Å². The first-order chi connectivity index (χ1) is 7.11. The van der Waals surface area contributed by atoms with Crippen LogP contribution in [0, 0.1) is 0 Å². The Morgan fingerprint density at radius 3 is 2.93 bits per heavy atom. The summed E-state index contributed by atoms with van der Waals surface area (Å²) in [6, 6.07) is 0. The van der Waals surface area contributed by atoms with Crippen LogP contribution in [0.5, 0.6) is 0 Å². The predicted molar refractivity (Wildman–Crippen MR) is 57.1 cm³/mol. The second-order valence-corrected chi connectivity index (χ2v) is 3.37. The maximum atomic E-state index is 13.3. The molecule has 0 aromatic heterocycles. The number of aliphatic hydroxyl groups is 1. The number of nitrogens with one attached hydrogen (secondary N) is 1. The van der Waals surface area contributed by atoms with Crippen LogP contribution in [0.15, 0.2) is 36.2 Å². The molecule has 0 fully saturated rings. The highest BCUT2D eigenvalue weighted by molar-refractivity contribution is 5.41. The third-order valence-electron chi connectivity index (χ3n) is 2.35. The summed E-state index contributed by atoms with van der Waals surface area (Å²) >= 11 is 0. The maximum absolute atomic E-state index is 13.3. The van der Waals surface area contributed by atoms with Gasteiger partial charge in [-0.05, 0) is 12.6 Å². The van der Waals surface area contributed by atoms with Crippen molar-refractivity contribution >= 4 is 0 Å². The molecule has 0 aromatic carbocycles. The van der Waals surface area contributed by atoms with Crippen LogP contribution >= 0.6 is 0 Å². The van der Waals surface area contributed by atoms with Crippen molar-refractivity contribution in [3.8, 4) is 0 Å². The highest BCUT2D eigenvalue weighted by Crippen LogP contribution is 2.28. The van der Waals surface area contributed by atoms with Crippen LogP contribution in [0.3, 0.4) is 0 Å². The molecule has 1 aliphatic heterocycles. The number of aliphatic hydroxyl groups excluding tert-OH is 1. The fourth-order valence-electron chi connectivity index (χ4n) is 1.67. The molecule has 0 bridgehead atoms. The first-order valence-electron chi connectivity index (χ1n) is 4.77. The lowest BCUT2D eigenvalue weighted by Crippen LogP contribution is -2.38. The van der Waals surface area contributed by atoms with E-state index in [9.17, 15) is 9.50 Å². The summed E-state index contributed by atoms with van der Waals surface area (Å²) in [5.41, 5.74) is 0.770. The van der Waals surface area contributed by atoms with E-state index in [1.54, 1.807) is 7.05 Å². The Hall–Kier alpha value is -0.970. The summed E-state index contributed by atoms with van der Waals surface area (Å²) in [4.78, 5) is 0. The quantitative estimate of drug-likeness (QED) is 0.730. The van der Waals surface area contributed by atoms with Gasteiger partial charge in [0.25, 0.3) is 0 Å². The normalized spacial score (nSPS) is 26.6. The Balaban J connectivity index is 3.07. The van der Waals surface area contributed by atoms with E-state index < -0.39 is 18.0 Å². The highest BCUT2D eigenvalue weighted by atomic mass is 19.1. The molecular formula is C11H16FNO2. The van der Waals surface area contributed by atoms with Gasteiger partial charge in [-0.3, -0.25) is 0 Å². The van der Waals surface area contributed by atoms with E-state index in [2.05, 4.69) is 18.5 Å². The van der Waals surface area contributed by atoms with Crippen molar-refractivity contribution in [3.05, 3.63) is 36.2 Å². The van der Waals surface area contributed by atoms with Crippen molar-refractivity contribution in [2.24, 2.45) is 0 Å². The molecule has 3 nitrogen and oxygen atoms in total.